The molecule has 0 saturated heterocycles. The molecule has 1 unspecified atom stereocenters. The van der Waals surface area contributed by atoms with Crippen molar-refractivity contribution in [3.05, 3.63) is 75.1 Å². The summed E-state index contributed by atoms with van der Waals surface area (Å²) in [5, 5.41) is 2.06. The number of para-hydroxylation sites is 1. The third-order valence-electron chi connectivity index (χ3n) is 4.89. The van der Waals surface area contributed by atoms with Crippen LogP contribution in [0.15, 0.2) is 53.9 Å². The number of allylic oxidation sites excluding steroid dienone is 2. The quantitative estimate of drug-likeness (QED) is 0.551. The van der Waals surface area contributed by atoms with Crippen LogP contribution in [-0.4, -0.2) is 10.4 Å². The maximum Gasteiger partial charge on any atom is 0.160 e. The molecule has 2 aromatic carbocycles. The summed E-state index contributed by atoms with van der Waals surface area (Å²) < 4.78 is 7.99. The third-order valence-corrected chi connectivity index (χ3v) is 5.39. The lowest BCUT2D eigenvalue weighted by molar-refractivity contribution is -0.114. The molecule has 0 spiro atoms. The fraction of sp³-hybridized carbons (Fsp3) is 0.190. The first-order valence-electron chi connectivity index (χ1n) is 8.31. The van der Waals surface area contributed by atoms with Crippen molar-refractivity contribution in [2.24, 2.45) is 7.05 Å². The van der Waals surface area contributed by atoms with Crippen molar-refractivity contribution < 1.29 is 9.53 Å². The van der Waals surface area contributed by atoms with Gasteiger partial charge in [-0.25, -0.2) is 0 Å². The van der Waals surface area contributed by atoms with Gasteiger partial charge in [-0.15, -0.1) is 0 Å². The SMILES string of the molecule is CC(=O)C1=C(C)Oc2c(Cl)cc(Cl)cc2C1c1cn(C)c2ccccc12. The van der Waals surface area contributed by atoms with E-state index < -0.39 is 0 Å². The molecule has 3 aromatic rings. The first-order valence-corrected chi connectivity index (χ1v) is 9.06. The van der Waals surface area contributed by atoms with Crippen LogP contribution in [-0.2, 0) is 11.8 Å². The van der Waals surface area contributed by atoms with Gasteiger partial charge in [-0.05, 0) is 37.6 Å². The van der Waals surface area contributed by atoms with E-state index in [1.54, 1.807) is 13.0 Å². The van der Waals surface area contributed by atoms with Gasteiger partial charge in [-0.3, -0.25) is 4.79 Å². The predicted octanol–water partition coefficient (Wildman–Crippen LogP) is 5.87. The number of carbonyl (C=O) groups excluding carboxylic acids is 1. The minimum absolute atomic E-state index is 0.0258. The average Bonchev–Trinajstić information content (AvgIpc) is 2.91. The van der Waals surface area contributed by atoms with Gasteiger partial charge in [0.05, 0.1) is 5.02 Å². The second-order valence-corrected chi connectivity index (χ2v) is 7.42. The van der Waals surface area contributed by atoms with E-state index in [1.807, 2.05) is 32.2 Å². The number of hydrogen-bond donors (Lipinski definition) is 0. The number of rotatable bonds is 2. The minimum Gasteiger partial charge on any atom is -0.460 e. The van der Waals surface area contributed by atoms with Crippen LogP contribution in [0.1, 0.15) is 30.9 Å². The van der Waals surface area contributed by atoms with Gasteiger partial charge < -0.3 is 9.30 Å². The molecule has 0 bridgehead atoms. The number of ether oxygens (including phenoxy) is 1. The lowest BCUT2D eigenvalue weighted by Crippen LogP contribution is -2.20. The van der Waals surface area contributed by atoms with Crippen molar-refractivity contribution in [2.75, 3.05) is 0 Å². The van der Waals surface area contributed by atoms with Crippen molar-refractivity contribution in [2.45, 2.75) is 19.8 Å². The summed E-state index contributed by atoms with van der Waals surface area (Å²) >= 11 is 12.7. The van der Waals surface area contributed by atoms with Crippen LogP contribution in [0.4, 0.5) is 0 Å². The van der Waals surface area contributed by atoms with Crippen LogP contribution in [0, 0.1) is 0 Å². The molecule has 3 nitrogen and oxygen atoms in total. The normalized spacial score (nSPS) is 16.6. The number of ketones is 1. The Morgan fingerprint density at radius 3 is 2.62 bits per heavy atom. The number of Topliss-reactive ketones (excluding diaryl/α,β-unsaturated/α-hetero) is 1. The molecule has 1 atom stereocenters. The fourth-order valence-electron chi connectivity index (χ4n) is 3.85. The number of carbonyl (C=O) groups is 1. The van der Waals surface area contributed by atoms with E-state index in [9.17, 15) is 4.79 Å². The first kappa shape index (κ1) is 17.2. The number of hydrogen-bond acceptors (Lipinski definition) is 2. The molecule has 1 aromatic heterocycles. The number of halogens is 2. The number of nitrogens with zero attached hydrogens (tertiary/aromatic N) is 1. The number of benzene rings is 2. The van der Waals surface area contributed by atoms with E-state index in [0.29, 0.717) is 27.1 Å². The Bertz CT molecular complexity index is 1090. The Morgan fingerprint density at radius 2 is 1.88 bits per heavy atom. The summed E-state index contributed by atoms with van der Waals surface area (Å²) in [7, 11) is 2.00. The van der Waals surface area contributed by atoms with Gasteiger partial charge >= 0.3 is 0 Å². The van der Waals surface area contributed by atoms with Gasteiger partial charge in [-0.2, -0.15) is 0 Å². The maximum absolute atomic E-state index is 12.5. The summed E-state index contributed by atoms with van der Waals surface area (Å²) in [5.41, 5.74) is 3.58. The molecule has 0 fully saturated rings. The van der Waals surface area contributed by atoms with Crippen LogP contribution < -0.4 is 4.74 Å². The molecule has 0 N–H and O–H groups in total. The summed E-state index contributed by atoms with van der Waals surface area (Å²) in [5.74, 6) is 0.837. The Labute approximate surface area is 161 Å². The molecule has 5 heteroatoms. The van der Waals surface area contributed by atoms with Gasteiger partial charge in [0.15, 0.2) is 5.78 Å². The average molecular weight is 386 g/mol. The second kappa shape index (κ2) is 6.19. The van der Waals surface area contributed by atoms with Crippen molar-refractivity contribution in [3.63, 3.8) is 0 Å². The molecule has 1 aliphatic heterocycles. The molecule has 1 aliphatic rings. The summed E-state index contributed by atoms with van der Waals surface area (Å²) in [6.45, 7) is 3.38. The van der Waals surface area contributed by atoms with E-state index in [-0.39, 0.29) is 11.7 Å². The smallest absolute Gasteiger partial charge is 0.160 e. The first-order chi connectivity index (χ1) is 12.4. The minimum atomic E-state index is -0.279. The van der Waals surface area contributed by atoms with E-state index in [2.05, 4.69) is 22.9 Å². The largest absolute Gasteiger partial charge is 0.460 e. The Kier molecular flexibility index (Phi) is 4.09. The van der Waals surface area contributed by atoms with E-state index in [0.717, 1.165) is 22.0 Å². The van der Waals surface area contributed by atoms with Crippen LogP contribution in [0.2, 0.25) is 10.0 Å². The standard InChI is InChI=1S/C21H17Cl2NO2/c1-11(25)19-12(2)26-21-15(8-13(22)9-17(21)23)20(19)16-10-24(3)18-7-5-4-6-14(16)18/h4-10,20H,1-3H3. The second-order valence-electron chi connectivity index (χ2n) is 6.58. The Hall–Kier alpha value is -2.23. The number of fused-ring (bicyclic) bond motifs is 2. The van der Waals surface area contributed by atoms with E-state index >= 15 is 0 Å². The van der Waals surface area contributed by atoms with Gasteiger partial charge in [0.25, 0.3) is 0 Å². The summed E-state index contributed by atoms with van der Waals surface area (Å²) in [4.78, 5) is 12.5. The lowest BCUT2D eigenvalue weighted by Gasteiger charge is -2.29. The molecule has 0 amide bonds. The monoisotopic (exact) mass is 385 g/mol. The summed E-state index contributed by atoms with van der Waals surface area (Å²) in [6.07, 6.45) is 2.06. The molecule has 0 aliphatic carbocycles. The van der Waals surface area contributed by atoms with Crippen LogP contribution in [0.25, 0.3) is 10.9 Å². The molecule has 26 heavy (non-hydrogen) atoms. The van der Waals surface area contributed by atoms with E-state index in [4.69, 9.17) is 27.9 Å². The van der Waals surface area contributed by atoms with Crippen molar-refractivity contribution in [1.29, 1.82) is 0 Å². The highest BCUT2D eigenvalue weighted by atomic mass is 35.5. The van der Waals surface area contributed by atoms with Crippen LogP contribution in [0.5, 0.6) is 5.75 Å². The number of aryl methyl sites for hydroxylation is 1. The zero-order chi connectivity index (χ0) is 18.6. The zero-order valence-electron chi connectivity index (χ0n) is 14.6. The van der Waals surface area contributed by atoms with Gasteiger partial charge in [0, 0.05) is 46.2 Å². The van der Waals surface area contributed by atoms with Crippen molar-refractivity contribution >= 4 is 39.9 Å². The molecule has 2 heterocycles. The number of aromatic nitrogens is 1. The van der Waals surface area contributed by atoms with Gasteiger partial charge in [-0.1, -0.05) is 41.4 Å². The lowest BCUT2D eigenvalue weighted by atomic mass is 9.80. The van der Waals surface area contributed by atoms with Crippen molar-refractivity contribution in [3.8, 4) is 5.75 Å². The predicted molar refractivity (Wildman–Crippen MR) is 105 cm³/mol. The molecule has 0 saturated carbocycles. The van der Waals surface area contributed by atoms with Crippen LogP contribution in [0.3, 0.4) is 0 Å². The molecular formula is C21H17Cl2NO2. The van der Waals surface area contributed by atoms with Gasteiger partial charge in [0.1, 0.15) is 11.5 Å². The Balaban J connectivity index is 2.08. The van der Waals surface area contributed by atoms with Crippen LogP contribution >= 0.6 is 23.2 Å². The topological polar surface area (TPSA) is 31.2 Å². The molecule has 132 valence electrons. The zero-order valence-corrected chi connectivity index (χ0v) is 16.2. The highest BCUT2D eigenvalue weighted by Gasteiger charge is 2.35. The molecule has 4 rings (SSSR count). The van der Waals surface area contributed by atoms with E-state index in [1.165, 1.54) is 0 Å². The van der Waals surface area contributed by atoms with Crippen molar-refractivity contribution in [1.82, 2.24) is 4.57 Å². The highest BCUT2D eigenvalue weighted by molar-refractivity contribution is 6.35. The van der Waals surface area contributed by atoms with Gasteiger partial charge in [0.2, 0.25) is 0 Å². The highest BCUT2D eigenvalue weighted by Crippen LogP contribution is 2.49. The molecule has 0 radical (unpaired) electrons. The third kappa shape index (κ3) is 2.54. The fourth-order valence-corrected chi connectivity index (χ4v) is 4.39. The maximum atomic E-state index is 12.5. The Morgan fingerprint density at radius 1 is 1.15 bits per heavy atom. The summed E-state index contributed by atoms with van der Waals surface area (Å²) in [6, 6.07) is 11.6. The molecular weight excluding hydrogens is 369 g/mol.